The molecule has 142 valence electrons. The molecule has 4 aliphatic rings. The van der Waals surface area contributed by atoms with Gasteiger partial charge in [0.15, 0.2) is 0 Å². The Hall–Kier alpha value is -2.15. The number of hydrogen-bond acceptors (Lipinski definition) is 4. The van der Waals surface area contributed by atoms with Gasteiger partial charge in [-0.3, -0.25) is 4.79 Å². The van der Waals surface area contributed by atoms with Crippen LogP contribution in [-0.2, 0) is 16.0 Å². The van der Waals surface area contributed by atoms with Crippen LogP contribution in [0.2, 0.25) is 0 Å². The number of rotatable bonds is 2. The van der Waals surface area contributed by atoms with Crippen molar-refractivity contribution < 1.29 is 19.3 Å². The highest BCUT2D eigenvalue weighted by Gasteiger charge is 2.70. The Morgan fingerprint density at radius 2 is 2.26 bits per heavy atom. The van der Waals surface area contributed by atoms with Crippen molar-refractivity contribution in [3.63, 3.8) is 0 Å². The summed E-state index contributed by atoms with van der Waals surface area (Å²) in [4.78, 5) is 16.5. The Morgan fingerprint density at radius 1 is 1.48 bits per heavy atom. The van der Waals surface area contributed by atoms with Crippen LogP contribution >= 0.6 is 0 Å². The summed E-state index contributed by atoms with van der Waals surface area (Å²) in [7, 11) is 1.35. The first kappa shape index (κ1) is 17.0. The van der Waals surface area contributed by atoms with Crippen LogP contribution in [0.5, 0.6) is 0 Å². The molecular weight excluding hydrogens is 344 g/mol. The molecule has 2 N–H and O–H groups in total. The number of piperidine rings is 3. The van der Waals surface area contributed by atoms with E-state index in [0.29, 0.717) is 19.4 Å². The van der Waals surface area contributed by atoms with E-state index in [1.807, 2.05) is 31.2 Å². The quantitative estimate of drug-likeness (QED) is 0.369. The fraction of sp³-hybridized carbons (Fsp3) is 0.476. The number of H-pyrrole nitrogens is 1. The highest BCUT2D eigenvalue weighted by Crippen LogP contribution is 2.63. The number of nitrogens with one attached hydrogen (secondary N) is 1. The summed E-state index contributed by atoms with van der Waals surface area (Å²) >= 11 is 0. The molecule has 5 heterocycles. The average Bonchev–Trinajstić information content (AvgIpc) is 3.05. The number of hydroxylamine groups is 3. The SMILES string of the molecule is C/C=C1\C[N+]2([O-])C3Cc4c([nH]c5ccccc45)[C@@H]2C[C@@H]1C3(CO)C(=O)OC. The molecule has 4 bridgehead atoms. The van der Waals surface area contributed by atoms with Crippen LogP contribution in [0.15, 0.2) is 35.9 Å². The third kappa shape index (κ3) is 1.83. The van der Waals surface area contributed by atoms with Crippen LogP contribution in [0.4, 0.5) is 0 Å². The highest BCUT2D eigenvalue weighted by molar-refractivity contribution is 5.86. The second-order valence-electron chi connectivity index (χ2n) is 8.15. The summed E-state index contributed by atoms with van der Waals surface area (Å²) in [5.41, 5.74) is 2.95. The molecule has 1 aromatic heterocycles. The predicted molar refractivity (Wildman–Crippen MR) is 100 cm³/mol. The number of para-hydroxylation sites is 1. The third-order valence-electron chi connectivity index (χ3n) is 7.38. The van der Waals surface area contributed by atoms with Gasteiger partial charge in [-0.2, -0.15) is 0 Å². The van der Waals surface area contributed by atoms with Crippen molar-refractivity contribution in [1.29, 1.82) is 0 Å². The Labute approximate surface area is 157 Å². The number of carbonyl (C=O) groups excluding carboxylic acids is 1. The van der Waals surface area contributed by atoms with Gasteiger partial charge in [0.05, 0.1) is 19.4 Å². The minimum absolute atomic E-state index is 0.163. The number of allylic oxidation sites excluding steroid dienone is 1. The van der Waals surface area contributed by atoms with Crippen LogP contribution in [0, 0.1) is 16.5 Å². The third-order valence-corrected chi connectivity index (χ3v) is 7.38. The maximum atomic E-state index is 14.2. The lowest BCUT2D eigenvalue weighted by Gasteiger charge is -2.69. The molecule has 3 fully saturated rings. The Balaban J connectivity index is 1.78. The van der Waals surface area contributed by atoms with Crippen molar-refractivity contribution in [3.05, 3.63) is 52.4 Å². The van der Waals surface area contributed by atoms with Gasteiger partial charge in [-0.15, -0.1) is 0 Å². The smallest absolute Gasteiger partial charge is 0.320 e. The number of aliphatic hydroxyl groups excluding tert-OH is 1. The van der Waals surface area contributed by atoms with E-state index >= 15 is 0 Å². The Bertz CT molecular complexity index is 980. The molecule has 0 aliphatic carbocycles. The number of benzene rings is 1. The van der Waals surface area contributed by atoms with Gasteiger partial charge in [0.1, 0.15) is 24.0 Å². The lowest BCUT2D eigenvalue weighted by Crippen LogP contribution is -2.76. The fourth-order valence-electron chi connectivity index (χ4n) is 6.18. The maximum absolute atomic E-state index is 14.2. The van der Waals surface area contributed by atoms with E-state index in [1.165, 1.54) is 7.11 Å². The first-order chi connectivity index (χ1) is 13.0. The summed E-state index contributed by atoms with van der Waals surface area (Å²) in [6.07, 6.45) is 2.97. The van der Waals surface area contributed by atoms with Crippen molar-refractivity contribution in [3.8, 4) is 0 Å². The van der Waals surface area contributed by atoms with E-state index in [2.05, 4.69) is 11.1 Å². The van der Waals surface area contributed by atoms with Crippen LogP contribution in [-0.4, -0.2) is 47.0 Å². The summed E-state index contributed by atoms with van der Waals surface area (Å²) in [5.74, 6) is -0.623. The number of methoxy groups -OCH3 is 1. The molecule has 6 nitrogen and oxygen atoms in total. The largest absolute Gasteiger partial charge is 0.632 e. The van der Waals surface area contributed by atoms with Crippen molar-refractivity contribution >= 4 is 16.9 Å². The molecule has 3 saturated heterocycles. The number of fused-ring (bicyclic) bond motifs is 4. The number of aromatic amines is 1. The number of ether oxygens (including phenoxy) is 1. The Morgan fingerprint density at radius 3 is 2.96 bits per heavy atom. The fourth-order valence-corrected chi connectivity index (χ4v) is 6.18. The van der Waals surface area contributed by atoms with Crippen LogP contribution in [0.3, 0.4) is 0 Å². The van der Waals surface area contributed by atoms with E-state index in [1.54, 1.807) is 0 Å². The minimum Gasteiger partial charge on any atom is -0.632 e. The van der Waals surface area contributed by atoms with E-state index in [4.69, 9.17) is 4.74 Å². The van der Waals surface area contributed by atoms with Crippen LogP contribution in [0.25, 0.3) is 10.9 Å². The van der Waals surface area contributed by atoms with Crippen LogP contribution in [0.1, 0.15) is 30.6 Å². The van der Waals surface area contributed by atoms with Gasteiger partial charge in [0.2, 0.25) is 0 Å². The number of hydrogen-bond donors (Lipinski definition) is 2. The zero-order valence-corrected chi connectivity index (χ0v) is 15.6. The molecule has 2 aromatic rings. The van der Waals surface area contributed by atoms with E-state index < -0.39 is 22.1 Å². The molecule has 0 amide bonds. The van der Waals surface area contributed by atoms with Crippen molar-refractivity contribution in [1.82, 2.24) is 4.98 Å². The zero-order valence-electron chi connectivity index (χ0n) is 15.6. The number of quaternary nitrogens is 1. The molecule has 0 spiro atoms. The number of aromatic nitrogens is 1. The molecule has 6 rings (SSSR count). The zero-order chi connectivity index (χ0) is 19.0. The predicted octanol–water partition coefficient (Wildman–Crippen LogP) is 2.58. The number of esters is 1. The summed E-state index contributed by atoms with van der Waals surface area (Å²) < 4.78 is 4.66. The standard InChI is InChI=1S/C21H24N2O4/c1-3-12-10-23(26)17-9-15(12)21(11-24,20(25)27-2)18(23)8-14-13-6-4-5-7-16(13)22-19(14)17/h3-7,15,17-18,22,24H,8-11H2,1-2H3/b12-3+/t15-,17-,18?,21?,23?/m0/s1. The number of nitrogens with zero attached hydrogens (tertiary/aromatic N) is 1. The van der Waals surface area contributed by atoms with Crippen molar-refractivity contribution in [2.75, 3.05) is 20.3 Å². The van der Waals surface area contributed by atoms with Gasteiger partial charge in [-0.25, -0.2) is 0 Å². The van der Waals surface area contributed by atoms with E-state index in [-0.39, 0.29) is 18.6 Å². The number of carbonyl (C=O) groups is 1. The highest BCUT2D eigenvalue weighted by atomic mass is 16.6. The second kappa shape index (κ2) is 5.44. The first-order valence-corrected chi connectivity index (χ1v) is 9.53. The second-order valence-corrected chi connectivity index (χ2v) is 8.15. The molecule has 3 unspecified atom stereocenters. The molecule has 0 saturated carbocycles. The molecule has 0 radical (unpaired) electrons. The lowest BCUT2D eigenvalue weighted by molar-refractivity contribution is -0.955. The average molecular weight is 368 g/mol. The van der Waals surface area contributed by atoms with Gasteiger partial charge in [0, 0.05) is 29.7 Å². The molecule has 4 aliphatic heterocycles. The van der Waals surface area contributed by atoms with Crippen molar-refractivity contribution in [2.45, 2.75) is 31.8 Å². The van der Waals surface area contributed by atoms with E-state index in [0.717, 1.165) is 27.7 Å². The van der Waals surface area contributed by atoms with Gasteiger partial charge >= 0.3 is 5.97 Å². The van der Waals surface area contributed by atoms with E-state index in [9.17, 15) is 15.1 Å². The van der Waals surface area contributed by atoms with Crippen molar-refractivity contribution in [2.24, 2.45) is 11.3 Å². The first-order valence-electron chi connectivity index (χ1n) is 9.53. The normalized spacial score (nSPS) is 38.2. The molecule has 5 atom stereocenters. The minimum atomic E-state index is -1.18. The molecular formula is C21H24N2O4. The van der Waals surface area contributed by atoms with Gasteiger partial charge in [0.25, 0.3) is 0 Å². The van der Waals surface area contributed by atoms with Gasteiger partial charge in [-0.05, 0) is 24.1 Å². The van der Waals surface area contributed by atoms with Gasteiger partial charge in [-0.1, -0.05) is 24.3 Å². The Kier molecular flexibility index (Phi) is 3.42. The summed E-state index contributed by atoms with van der Waals surface area (Å²) in [5, 5.41) is 25.8. The summed E-state index contributed by atoms with van der Waals surface area (Å²) in [6, 6.07) is 7.29. The topological polar surface area (TPSA) is 85.4 Å². The lowest BCUT2D eigenvalue weighted by atomic mass is 9.54. The van der Waals surface area contributed by atoms with Gasteiger partial charge < -0.3 is 24.7 Å². The molecule has 6 heteroatoms. The monoisotopic (exact) mass is 368 g/mol. The maximum Gasteiger partial charge on any atom is 0.320 e. The van der Waals surface area contributed by atoms with Crippen LogP contribution < -0.4 is 0 Å². The molecule has 27 heavy (non-hydrogen) atoms. The number of aliphatic hydroxyl groups is 1. The molecule has 1 aromatic carbocycles. The summed E-state index contributed by atoms with van der Waals surface area (Å²) in [6.45, 7) is 1.93.